The molecular formula is C15H24N2O2. The standard InChI is InChI=1S/C15H24N2O2/c1-10-8-14(18-3)11(2)7-13(10)15(17-16)12-5-4-6-19-9-12/h7-8,12,15,17H,4-6,9,16H2,1-3H3. The lowest BCUT2D eigenvalue weighted by Crippen LogP contribution is -2.37. The predicted molar refractivity (Wildman–Crippen MR) is 76.1 cm³/mol. The maximum Gasteiger partial charge on any atom is 0.122 e. The summed E-state index contributed by atoms with van der Waals surface area (Å²) in [4.78, 5) is 0. The van der Waals surface area contributed by atoms with E-state index in [9.17, 15) is 0 Å². The number of rotatable bonds is 4. The number of nitrogens with one attached hydrogen (secondary N) is 1. The topological polar surface area (TPSA) is 56.5 Å². The van der Waals surface area contributed by atoms with E-state index in [0.29, 0.717) is 5.92 Å². The first-order valence-corrected chi connectivity index (χ1v) is 6.86. The van der Waals surface area contributed by atoms with Crippen molar-refractivity contribution in [1.29, 1.82) is 0 Å². The van der Waals surface area contributed by atoms with Gasteiger partial charge in [0, 0.05) is 12.5 Å². The van der Waals surface area contributed by atoms with E-state index in [2.05, 4.69) is 31.4 Å². The highest BCUT2D eigenvalue weighted by Gasteiger charge is 2.26. The number of ether oxygens (including phenoxy) is 2. The zero-order valence-electron chi connectivity index (χ0n) is 12.0. The van der Waals surface area contributed by atoms with Crippen LogP contribution < -0.4 is 16.0 Å². The minimum absolute atomic E-state index is 0.143. The number of methoxy groups -OCH3 is 1. The van der Waals surface area contributed by atoms with Gasteiger partial charge in [0.25, 0.3) is 0 Å². The van der Waals surface area contributed by atoms with Crippen LogP contribution in [0.4, 0.5) is 0 Å². The molecular weight excluding hydrogens is 240 g/mol. The first kappa shape index (κ1) is 14.3. The fraction of sp³-hybridized carbons (Fsp3) is 0.600. The number of hydrazine groups is 1. The zero-order chi connectivity index (χ0) is 13.8. The largest absolute Gasteiger partial charge is 0.496 e. The van der Waals surface area contributed by atoms with Gasteiger partial charge in [-0.3, -0.25) is 11.3 Å². The van der Waals surface area contributed by atoms with Gasteiger partial charge in [0.1, 0.15) is 5.75 Å². The van der Waals surface area contributed by atoms with Gasteiger partial charge in [-0.25, -0.2) is 0 Å². The van der Waals surface area contributed by atoms with Gasteiger partial charge in [-0.1, -0.05) is 6.07 Å². The van der Waals surface area contributed by atoms with Crippen molar-refractivity contribution in [3.63, 3.8) is 0 Å². The molecule has 1 aliphatic heterocycles. The van der Waals surface area contributed by atoms with Crippen LogP contribution >= 0.6 is 0 Å². The molecule has 4 heteroatoms. The molecule has 1 heterocycles. The molecule has 4 nitrogen and oxygen atoms in total. The van der Waals surface area contributed by atoms with Gasteiger partial charge in [0.2, 0.25) is 0 Å². The monoisotopic (exact) mass is 264 g/mol. The fourth-order valence-electron chi connectivity index (χ4n) is 2.88. The molecule has 2 unspecified atom stereocenters. The second kappa shape index (κ2) is 6.37. The number of aryl methyl sites for hydroxylation is 2. The second-order valence-corrected chi connectivity index (χ2v) is 5.30. The van der Waals surface area contributed by atoms with Crippen LogP contribution in [0.15, 0.2) is 12.1 Å². The molecule has 0 radical (unpaired) electrons. The lowest BCUT2D eigenvalue weighted by molar-refractivity contribution is 0.0389. The van der Waals surface area contributed by atoms with Crippen molar-refractivity contribution >= 4 is 0 Å². The fourth-order valence-corrected chi connectivity index (χ4v) is 2.88. The van der Waals surface area contributed by atoms with Crippen LogP contribution in [0.2, 0.25) is 0 Å². The van der Waals surface area contributed by atoms with E-state index in [1.807, 2.05) is 0 Å². The Balaban J connectivity index is 2.29. The van der Waals surface area contributed by atoms with Crippen molar-refractivity contribution in [1.82, 2.24) is 5.43 Å². The van der Waals surface area contributed by atoms with Crippen molar-refractivity contribution in [3.05, 3.63) is 28.8 Å². The molecule has 3 N–H and O–H groups in total. The summed E-state index contributed by atoms with van der Waals surface area (Å²) in [6, 6.07) is 4.40. The molecule has 1 aromatic rings. The summed E-state index contributed by atoms with van der Waals surface area (Å²) in [5.41, 5.74) is 6.56. The molecule has 2 rings (SSSR count). The van der Waals surface area contributed by atoms with Gasteiger partial charge < -0.3 is 9.47 Å². The summed E-state index contributed by atoms with van der Waals surface area (Å²) in [6.45, 7) is 5.81. The summed E-state index contributed by atoms with van der Waals surface area (Å²) < 4.78 is 10.9. The molecule has 0 aliphatic carbocycles. The first-order valence-electron chi connectivity index (χ1n) is 6.86. The first-order chi connectivity index (χ1) is 9.17. The molecule has 2 atom stereocenters. The number of nitrogens with two attached hydrogens (primary N) is 1. The predicted octanol–water partition coefficient (Wildman–Crippen LogP) is 2.24. The second-order valence-electron chi connectivity index (χ2n) is 5.30. The number of benzene rings is 1. The minimum Gasteiger partial charge on any atom is -0.496 e. The molecule has 0 spiro atoms. The Morgan fingerprint density at radius 1 is 1.37 bits per heavy atom. The quantitative estimate of drug-likeness (QED) is 0.647. The molecule has 0 saturated carbocycles. The minimum atomic E-state index is 0.143. The van der Waals surface area contributed by atoms with Crippen molar-refractivity contribution in [3.8, 4) is 5.75 Å². The van der Waals surface area contributed by atoms with Crippen molar-refractivity contribution in [2.24, 2.45) is 11.8 Å². The average Bonchev–Trinajstić information content (AvgIpc) is 2.44. The van der Waals surface area contributed by atoms with E-state index < -0.39 is 0 Å². The maximum absolute atomic E-state index is 5.79. The Morgan fingerprint density at radius 3 is 2.74 bits per heavy atom. The van der Waals surface area contributed by atoms with E-state index in [4.69, 9.17) is 15.3 Å². The van der Waals surface area contributed by atoms with Crippen molar-refractivity contribution in [2.45, 2.75) is 32.7 Å². The highest BCUT2D eigenvalue weighted by Crippen LogP contribution is 2.33. The lowest BCUT2D eigenvalue weighted by atomic mass is 9.86. The molecule has 106 valence electrons. The Morgan fingerprint density at radius 2 is 2.16 bits per heavy atom. The van der Waals surface area contributed by atoms with Crippen LogP contribution in [0.25, 0.3) is 0 Å². The molecule has 19 heavy (non-hydrogen) atoms. The summed E-state index contributed by atoms with van der Waals surface area (Å²) in [5.74, 6) is 7.15. The Labute approximate surface area is 115 Å². The van der Waals surface area contributed by atoms with Crippen LogP contribution in [0.1, 0.15) is 35.6 Å². The Bertz CT molecular complexity index is 428. The van der Waals surface area contributed by atoms with E-state index in [1.165, 1.54) is 11.1 Å². The molecule has 1 aromatic carbocycles. The SMILES string of the molecule is COc1cc(C)c(C(NN)C2CCCOC2)cc1C. The third-order valence-electron chi connectivity index (χ3n) is 3.97. The van der Waals surface area contributed by atoms with Crippen LogP contribution in [0.3, 0.4) is 0 Å². The normalized spacial score (nSPS) is 21.2. The lowest BCUT2D eigenvalue weighted by Gasteiger charge is -2.31. The van der Waals surface area contributed by atoms with Crippen LogP contribution in [-0.4, -0.2) is 20.3 Å². The van der Waals surface area contributed by atoms with E-state index in [0.717, 1.165) is 37.4 Å². The molecule has 1 saturated heterocycles. The van der Waals surface area contributed by atoms with Gasteiger partial charge in [-0.05, 0) is 49.4 Å². The zero-order valence-corrected chi connectivity index (χ0v) is 12.0. The third kappa shape index (κ3) is 3.08. The van der Waals surface area contributed by atoms with Crippen LogP contribution in [-0.2, 0) is 4.74 Å². The van der Waals surface area contributed by atoms with E-state index in [-0.39, 0.29) is 6.04 Å². The summed E-state index contributed by atoms with van der Waals surface area (Å²) in [5, 5.41) is 0. The van der Waals surface area contributed by atoms with Gasteiger partial charge >= 0.3 is 0 Å². The highest BCUT2D eigenvalue weighted by atomic mass is 16.5. The third-order valence-corrected chi connectivity index (χ3v) is 3.97. The molecule has 1 aliphatic rings. The van der Waals surface area contributed by atoms with Crippen molar-refractivity contribution in [2.75, 3.05) is 20.3 Å². The van der Waals surface area contributed by atoms with Crippen LogP contribution in [0, 0.1) is 19.8 Å². The van der Waals surface area contributed by atoms with Gasteiger partial charge in [-0.2, -0.15) is 0 Å². The van der Waals surface area contributed by atoms with E-state index in [1.54, 1.807) is 7.11 Å². The summed E-state index contributed by atoms with van der Waals surface area (Å²) in [6.07, 6.45) is 2.26. The number of hydrogen-bond donors (Lipinski definition) is 2. The molecule has 0 amide bonds. The van der Waals surface area contributed by atoms with Gasteiger partial charge in [0.05, 0.1) is 19.8 Å². The number of hydrogen-bond acceptors (Lipinski definition) is 4. The maximum atomic E-state index is 5.79. The van der Waals surface area contributed by atoms with Crippen molar-refractivity contribution < 1.29 is 9.47 Å². The smallest absolute Gasteiger partial charge is 0.122 e. The molecule has 0 bridgehead atoms. The van der Waals surface area contributed by atoms with Gasteiger partial charge in [-0.15, -0.1) is 0 Å². The summed E-state index contributed by atoms with van der Waals surface area (Å²) in [7, 11) is 1.70. The van der Waals surface area contributed by atoms with Gasteiger partial charge in [0.15, 0.2) is 0 Å². The Kier molecular flexibility index (Phi) is 4.80. The molecule has 0 aromatic heterocycles. The van der Waals surface area contributed by atoms with E-state index >= 15 is 0 Å². The summed E-state index contributed by atoms with van der Waals surface area (Å²) >= 11 is 0. The van der Waals surface area contributed by atoms with Crippen LogP contribution in [0.5, 0.6) is 5.75 Å². The molecule has 1 fully saturated rings. The average molecular weight is 264 g/mol. The Hall–Kier alpha value is -1.10. The highest BCUT2D eigenvalue weighted by molar-refractivity contribution is 5.43.